The van der Waals surface area contributed by atoms with E-state index in [4.69, 9.17) is 5.73 Å². The molecule has 0 spiro atoms. The van der Waals surface area contributed by atoms with E-state index >= 15 is 0 Å². The van der Waals surface area contributed by atoms with Crippen molar-refractivity contribution in [3.63, 3.8) is 0 Å². The average Bonchev–Trinajstić information content (AvgIpc) is 2.78. The predicted molar refractivity (Wildman–Crippen MR) is 129 cm³/mol. The highest BCUT2D eigenvalue weighted by Gasteiger charge is 2.27. The third kappa shape index (κ3) is 5.42. The zero-order chi connectivity index (χ0) is 24.3. The third-order valence-electron chi connectivity index (χ3n) is 6.05. The van der Waals surface area contributed by atoms with Crippen LogP contribution in [-0.2, 0) is 4.79 Å². The van der Waals surface area contributed by atoms with Gasteiger partial charge in [0.15, 0.2) is 0 Å². The van der Waals surface area contributed by atoms with Crippen molar-refractivity contribution in [2.45, 2.75) is 32.7 Å². The molecule has 3 rings (SSSR count). The Labute approximate surface area is 194 Å². The van der Waals surface area contributed by atoms with Crippen LogP contribution in [-0.4, -0.2) is 72.8 Å². The molecule has 1 aliphatic rings. The number of likely N-dealkylation sites (N-methyl/N-ethyl adjacent to an activating group) is 1. The number of amides is 3. The fourth-order valence-electron chi connectivity index (χ4n) is 4.12. The molecule has 9 heteroatoms. The Bertz CT molecular complexity index is 1070. The van der Waals surface area contributed by atoms with Crippen LogP contribution in [0.15, 0.2) is 30.5 Å². The van der Waals surface area contributed by atoms with Gasteiger partial charge in [0.05, 0.1) is 11.3 Å². The molecule has 1 aromatic carbocycles. The maximum atomic E-state index is 12.3. The summed E-state index contributed by atoms with van der Waals surface area (Å²) in [6, 6.07) is 7.34. The number of anilines is 3. The maximum absolute atomic E-state index is 12.3. The van der Waals surface area contributed by atoms with Crippen LogP contribution in [0.3, 0.4) is 0 Å². The summed E-state index contributed by atoms with van der Waals surface area (Å²) in [4.78, 5) is 46.0. The van der Waals surface area contributed by atoms with E-state index in [1.54, 1.807) is 38.1 Å². The van der Waals surface area contributed by atoms with Crippen LogP contribution in [0.4, 0.5) is 17.2 Å². The number of hydrogen-bond donors (Lipinski definition) is 2. The number of carbonyl (C=O) groups excluding carboxylic acids is 3. The van der Waals surface area contributed by atoms with Crippen LogP contribution in [0.25, 0.3) is 0 Å². The second kappa shape index (κ2) is 9.89. The molecule has 2 heterocycles. The second-order valence-corrected chi connectivity index (χ2v) is 8.68. The Morgan fingerprint density at radius 1 is 1.15 bits per heavy atom. The average molecular weight is 453 g/mol. The minimum Gasteiger partial charge on any atom is -0.369 e. The van der Waals surface area contributed by atoms with Crippen LogP contribution in [0.5, 0.6) is 0 Å². The smallest absolute Gasteiger partial charge is 0.253 e. The number of pyridine rings is 1. The van der Waals surface area contributed by atoms with Gasteiger partial charge in [0, 0.05) is 70.7 Å². The molecule has 1 atom stereocenters. The number of nitrogens with zero attached hydrogens (tertiary/aromatic N) is 4. The van der Waals surface area contributed by atoms with Gasteiger partial charge in [-0.15, -0.1) is 0 Å². The lowest BCUT2D eigenvalue weighted by molar-refractivity contribution is -0.129. The number of hydrogen-bond acceptors (Lipinski definition) is 6. The monoisotopic (exact) mass is 452 g/mol. The summed E-state index contributed by atoms with van der Waals surface area (Å²) in [6.45, 7) is 4.80. The number of likely N-dealkylation sites (tertiary alicyclic amines) is 1. The first-order chi connectivity index (χ1) is 15.6. The van der Waals surface area contributed by atoms with E-state index in [9.17, 15) is 14.4 Å². The molecule has 0 aliphatic carbocycles. The summed E-state index contributed by atoms with van der Waals surface area (Å²) < 4.78 is 0. The summed E-state index contributed by atoms with van der Waals surface area (Å²) in [5.41, 5.74) is 8.86. The number of aryl methyl sites for hydroxylation is 1. The minimum atomic E-state index is -0.558. The highest BCUT2D eigenvalue weighted by Crippen LogP contribution is 2.28. The molecular formula is C24H32N6O3. The van der Waals surface area contributed by atoms with Crippen LogP contribution in [0, 0.1) is 6.92 Å². The molecule has 1 aromatic heterocycles. The Morgan fingerprint density at radius 2 is 1.88 bits per heavy atom. The molecule has 0 radical (unpaired) electrons. The van der Waals surface area contributed by atoms with Gasteiger partial charge < -0.3 is 25.8 Å². The Hall–Kier alpha value is -3.62. The van der Waals surface area contributed by atoms with Crippen molar-refractivity contribution in [2.24, 2.45) is 5.73 Å². The standard InChI is InChI=1S/C24H32N6O3/c1-15-11-17(8-9-19(15)24(33)28(3)4)27-22-12-21(20(13-26-22)23(25)32)29(5)18-7-6-10-30(14-18)16(2)31/h8-9,11-13,18H,6-7,10,14H2,1-5H3,(H2,25,32)(H,26,27)/t18-/m1/s1. The van der Waals surface area contributed by atoms with Gasteiger partial charge in [0.2, 0.25) is 5.91 Å². The topological polar surface area (TPSA) is 112 Å². The van der Waals surface area contributed by atoms with Crippen molar-refractivity contribution in [1.82, 2.24) is 14.8 Å². The fourth-order valence-corrected chi connectivity index (χ4v) is 4.12. The molecule has 3 N–H and O–H groups in total. The maximum Gasteiger partial charge on any atom is 0.253 e. The first kappa shape index (κ1) is 24.0. The van der Waals surface area contributed by atoms with Gasteiger partial charge in [-0.3, -0.25) is 14.4 Å². The van der Waals surface area contributed by atoms with Crippen molar-refractivity contribution in [1.29, 1.82) is 0 Å². The summed E-state index contributed by atoms with van der Waals surface area (Å²) in [5, 5.41) is 3.25. The zero-order valence-electron chi connectivity index (χ0n) is 19.9. The van der Waals surface area contributed by atoms with Gasteiger partial charge in [-0.25, -0.2) is 4.98 Å². The van der Waals surface area contributed by atoms with E-state index in [1.807, 2.05) is 35.9 Å². The number of nitrogens with two attached hydrogens (primary N) is 1. The summed E-state index contributed by atoms with van der Waals surface area (Å²) in [6.07, 6.45) is 3.27. The van der Waals surface area contributed by atoms with Crippen molar-refractivity contribution in [3.05, 3.63) is 47.2 Å². The minimum absolute atomic E-state index is 0.0480. The van der Waals surface area contributed by atoms with E-state index < -0.39 is 5.91 Å². The molecule has 1 fully saturated rings. The Morgan fingerprint density at radius 3 is 2.48 bits per heavy atom. The van der Waals surface area contributed by atoms with Gasteiger partial charge in [-0.1, -0.05) is 0 Å². The van der Waals surface area contributed by atoms with Gasteiger partial charge in [-0.2, -0.15) is 0 Å². The van der Waals surface area contributed by atoms with Crippen molar-refractivity contribution < 1.29 is 14.4 Å². The fraction of sp³-hybridized carbons (Fsp3) is 0.417. The molecule has 3 amide bonds. The number of aromatic nitrogens is 1. The number of carbonyl (C=O) groups is 3. The highest BCUT2D eigenvalue weighted by molar-refractivity contribution is 5.99. The quantitative estimate of drug-likeness (QED) is 0.696. The van der Waals surface area contributed by atoms with Crippen LogP contribution in [0.1, 0.15) is 46.0 Å². The van der Waals surface area contributed by atoms with Crippen molar-refractivity contribution in [2.75, 3.05) is 44.4 Å². The number of nitrogens with one attached hydrogen (secondary N) is 1. The largest absolute Gasteiger partial charge is 0.369 e. The lowest BCUT2D eigenvalue weighted by atomic mass is 10.0. The third-order valence-corrected chi connectivity index (χ3v) is 6.05. The Kier molecular flexibility index (Phi) is 7.20. The lowest BCUT2D eigenvalue weighted by Crippen LogP contribution is -2.48. The first-order valence-corrected chi connectivity index (χ1v) is 11.0. The predicted octanol–water partition coefficient (Wildman–Crippen LogP) is 2.38. The molecule has 0 bridgehead atoms. The van der Waals surface area contributed by atoms with Crippen molar-refractivity contribution in [3.8, 4) is 0 Å². The first-order valence-electron chi connectivity index (χ1n) is 11.0. The lowest BCUT2D eigenvalue weighted by Gasteiger charge is -2.38. The number of rotatable bonds is 6. The van der Waals surface area contributed by atoms with E-state index in [0.29, 0.717) is 29.2 Å². The zero-order valence-corrected chi connectivity index (χ0v) is 19.9. The van der Waals surface area contributed by atoms with Crippen LogP contribution >= 0.6 is 0 Å². The molecule has 9 nitrogen and oxygen atoms in total. The molecule has 33 heavy (non-hydrogen) atoms. The van der Waals surface area contributed by atoms with E-state index in [0.717, 1.165) is 30.6 Å². The van der Waals surface area contributed by atoms with E-state index in [2.05, 4.69) is 10.3 Å². The highest BCUT2D eigenvalue weighted by atomic mass is 16.2. The van der Waals surface area contributed by atoms with Crippen molar-refractivity contribution >= 4 is 34.9 Å². The van der Waals surface area contributed by atoms with Crippen LogP contribution < -0.4 is 16.0 Å². The molecule has 0 unspecified atom stereocenters. The molecule has 1 saturated heterocycles. The SMILES string of the molecule is CC(=O)N1CCC[C@@H](N(C)c2cc(Nc3ccc(C(=O)N(C)C)c(C)c3)ncc2C(N)=O)C1. The second-order valence-electron chi connectivity index (χ2n) is 8.68. The molecular weight excluding hydrogens is 420 g/mol. The van der Waals surface area contributed by atoms with Crippen LogP contribution in [0.2, 0.25) is 0 Å². The summed E-state index contributed by atoms with van der Waals surface area (Å²) in [7, 11) is 5.35. The Balaban J connectivity index is 1.87. The van der Waals surface area contributed by atoms with Gasteiger partial charge in [0.25, 0.3) is 11.8 Å². The number of primary amides is 1. The van der Waals surface area contributed by atoms with Gasteiger partial charge in [-0.05, 0) is 43.5 Å². The number of piperidine rings is 1. The molecule has 0 saturated carbocycles. The molecule has 2 aromatic rings. The normalized spacial score (nSPS) is 15.7. The van der Waals surface area contributed by atoms with Gasteiger partial charge >= 0.3 is 0 Å². The number of benzene rings is 1. The van der Waals surface area contributed by atoms with Gasteiger partial charge in [0.1, 0.15) is 5.82 Å². The van der Waals surface area contributed by atoms with E-state index in [-0.39, 0.29) is 17.9 Å². The summed E-state index contributed by atoms with van der Waals surface area (Å²) in [5.74, 6) is -0.0180. The summed E-state index contributed by atoms with van der Waals surface area (Å²) >= 11 is 0. The van der Waals surface area contributed by atoms with E-state index in [1.165, 1.54) is 6.20 Å². The molecule has 1 aliphatic heterocycles. The molecule has 176 valence electrons.